The summed E-state index contributed by atoms with van der Waals surface area (Å²) in [6.45, 7) is 1.55. The van der Waals surface area contributed by atoms with Crippen LogP contribution in [0, 0.1) is 23.2 Å². The summed E-state index contributed by atoms with van der Waals surface area (Å²) in [6.07, 6.45) is 3.68. The maximum Gasteiger partial charge on any atom is 0.239 e. The van der Waals surface area contributed by atoms with Gasteiger partial charge in [-0.15, -0.1) is 0 Å². The first-order valence-electron chi connectivity index (χ1n) is 10.9. The van der Waals surface area contributed by atoms with Crippen molar-refractivity contribution in [3.8, 4) is 0 Å². The second kappa shape index (κ2) is 5.86. The van der Waals surface area contributed by atoms with Gasteiger partial charge in [0.1, 0.15) is 12.3 Å². The predicted octanol–water partition coefficient (Wildman–Crippen LogP) is 1.30. The molecule has 5 nitrogen and oxygen atoms in total. The van der Waals surface area contributed by atoms with Crippen molar-refractivity contribution in [2.45, 2.75) is 81.5 Å². The van der Waals surface area contributed by atoms with Crippen molar-refractivity contribution in [2.75, 3.05) is 13.1 Å². The molecule has 3 N–H and O–H groups in total. The van der Waals surface area contributed by atoms with Gasteiger partial charge in [-0.25, -0.2) is 8.78 Å². The summed E-state index contributed by atoms with van der Waals surface area (Å²) < 4.78 is 28.0. The smallest absolute Gasteiger partial charge is 0.239 e. The van der Waals surface area contributed by atoms with Crippen LogP contribution in [0.15, 0.2) is 0 Å². The number of amides is 1. The highest BCUT2D eigenvalue weighted by Gasteiger charge is 2.64. The number of carbonyl (C=O) groups is 1. The largest absolute Gasteiger partial charge is 0.341 e. The molecule has 0 radical (unpaired) electrons. The van der Waals surface area contributed by atoms with Crippen molar-refractivity contribution < 1.29 is 13.6 Å². The third kappa shape index (κ3) is 2.47. The molecule has 7 fully saturated rings. The molecule has 4 saturated carbocycles. The fraction of sp³-hybridized carbons (Fsp3) is 0.950. The zero-order valence-electron chi connectivity index (χ0n) is 15.7. The predicted molar refractivity (Wildman–Crippen MR) is 96.2 cm³/mol. The van der Waals surface area contributed by atoms with E-state index in [9.17, 15) is 13.6 Å². The number of hydrogen-bond acceptors (Lipinski definition) is 4. The number of likely N-dealkylation sites (tertiary alicyclic amines) is 1. The van der Waals surface area contributed by atoms with Gasteiger partial charge in [-0.05, 0) is 49.9 Å². The van der Waals surface area contributed by atoms with E-state index in [0.717, 1.165) is 25.4 Å². The van der Waals surface area contributed by atoms with Gasteiger partial charge in [0.2, 0.25) is 5.91 Å². The summed E-state index contributed by atoms with van der Waals surface area (Å²) in [6, 6.07) is 0.411. The highest BCUT2D eigenvalue weighted by Crippen LogP contribution is 2.67. The fourth-order valence-electron chi connectivity index (χ4n) is 7.25. The summed E-state index contributed by atoms with van der Waals surface area (Å²) in [5.74, 6) is 1.32. The Balaban J connectivity index is 1.13. The third-order valence-corrected chi connectivity index (χ3v) is 8.76. The van der Waals surface area contributed by atoms with Gasteiger partial charge in [-0.2, -0.15) is 0 Å². The number of fused-ring (bicyclic) bond motifs is 2. The zero-order valence-corrected chi connectivity index (χ0v) is 15.7. The molecule has 8 unspecified atom stereocenters. The van der Waals surface area contributed by atoms with Gasteiger partial charge in [-0.1, -0.05) is 0 Å². The van der Waals surface area contributed by atoms with Crippen molar-refractivity contribution in [1.29, 1.82) is 0 Å². The number of alkyl halides is 2. The molecule has 8 atom stereocenters. The van der Waals surface area contributed by atoms with Crippen LogP contribution in [0.2, 0.25) is 0 Å². The van der Waals surface area contributed by atoms with E-state index in [2.05, 4.69) is 16.2 Å². The minimum Gasteiger partial charge on any atom is -0.341 e. The number of carbonyl (C=O) groups excluding carboxylic acids is 1. The molecule has 7 heteroatoms. The lowest BCUT2D eigenvalue weighted by atomic mass is 9.40. The monoisotopic (exact) mass is 380 g/mol. The SMILES string of the molecule is O=C(C1CC2C(F)CC(F)CC2N1)N1CCC2NNC(C34CC(C3)C4)C2C1. The van der Waals surface area contributed by atoms with Crippen LogP contribution < -0.4 is 16.2 Å². The molecule has 0 aromatic heterocycles. The molecular formula is C20H30F2N4O. The summed E-state index contributed by atoms with van der Waals surface area (Å²) in [7, 11) is 0. The lowest BCUT2D eigenvalue weighted by Crippen LogP contribution is -2.65. The quantitative estimate of drug-likeness (QED) is 0.676. The molecule has 3 saturated heterocycles. The number of piperidine rings is 1. The fourth-order valence-corrected chi connectivity index (χ4v) is 7.25. The molecule has 3 aliphatic heterocycles. The second-order valence-corrected chi connectivity index (χ2v) is 10.3. The maximum absolute atomic E-state index is 14.3. The maximum atomic E-state index is 14.3. The first kappa shape index (κ1) is 17.1. The molecule has 7 aliphatic rings. The molecule has 3 heterocycles. The van der Waals surface area contributed by atoms with Crippen LogP contribution in [0.25, 0.3) is 0 Å². The Hall–Kier alpha value is -0.790. The summed E-state index contributed by atoms with van der Waals surface area (Å²) >= 11 is 0. The van der Waals surface area contributed by atoms with Crippen LogP contribution >= 0.6 is 0 Å². The van der Waals surface area contributed by atoms with E-state index in [4.69, 9.17) is 0 Å². The zero-order chi connectivity index (χ0) is 18.3. The topological polar surface area (TPSA) is 56.4 Å². The van der Waals surface area contributed by atoms with Crippen LogP contribution in [-0.4, -0.2) is 60.4 Å². The Morgan fingerprint density at radius 3 is 2.56 bits per heavy atom. The Labute approximate surface area is 159 Å². The van der Waals surface area contributed by atoms with Crippen molar-refractivity contribution in [1.82, 2.24) is 21.1 Å². The number of nitrogens with one attached hydrogen (secondary N) is 3. The molecule has 27 heavy (non-hydrogen) atoms. The van der Waals surface area contributed by atoms with E-state index in [0.29, 0.717) is 36.3 Å². The van der Waals surface area contributed by atoms with E-state index in [1.54, 1.807) is 0 Å². The molecule has 7 rings (SSSR count). The lowest BCUT2D eigenvalue weighted by molar-refractivity contribution is -0.148. The Morgan fingerprint density at radius 1 is 1.00 bits per heavy atom. The number of hydrogen-bond donors (Lipinski definition) is 3. The van der Waals surface area contributed by atoms with Crippen molar-refractivity contribution in [3.05, 3.63) is 0 Å². The van der Waals surface area contributed by atoms with E-state index >= 15 is 0 Å². The van der Waals surface area contributed by atoms with Crippen molar-refractivity contribution >= 4 is 5.91 Å². The molecule has 150 valence electrons. The second-order valence-electron chi connectivity index (χ2n) is 10.3. The molecule has 0 aromatic rings. The van der Waals surface area contributed by atoms with Gasteiger partial charge >= 0.3 is 0 Å². The normalized spacial score (nSPS) is 56.1. The lowest BCUT2D eigenvalue weighted by Gasteiger charge is -2.66. The van der Waals surface area contributed by atoms with Crippen molar-refractivity contribution in [3.63, 3.8) is 0 Å². The Bertz CT molecular complexity index is 630. The minimum absolute atomic E-state index is 0.000674. The highest BCUT2D eigenvalue weighted by atomic mass is 19.1. The number of nitrogens with zero attached hydrogens (tertiary/aromatic N) is 1. The van der Waals surface area contributed by atoms with Gasteiger partial charge in [0.05, 0.1) is 6.04 Å². The van der Waals surface area contributed by atoms with Crippen LogP contribution in [0.5, 0.6) is 0 Å². The molecule has 0 aromatic carbocycles. The van der Waals surface area contributed by atoms with E-state index in [1.807, 2.05) is 4.90 Å². The summed E-state index contributed by atoms with van der Waals surface area (Å²) in [5, 5.41) is 3.28. The molecule has 0 spiro atoms. The van der Waals surface area contributed by atoms with Gasteiger partial charge in [-0.3, -0.25) is 15.6 Å². The molecule has 4 aliphatic carbocycles. The first-order chi connectivity index (χ1) is 13.0. The number of halogens is 2. The van der Waals surface area contributed by atoms with E-state index in [-0.39, 0.29) is 30.3 Å². The standard InChI is InChI=1S/C20H30F2N4O/c21-11-3-14(22)12-5-17(23-16(12)4-11)19(27)26-2-1-15-13(9-26)18(25-24-15)20-6-10(7-20)8-20/h10-18,23-25H,1-9H2. The van der Waals surface area contributed by atoms with Gasteiger partial charge in [0, 0.05) is 49.5 Å². The first-order valence-corrected chi connectivity index (χ1v) is 10.9. The third-order valence-electron chi connectivity index (χ3n) is 8.76. The molecule has 1 amide bonds. The van der Waals surface area contributed by atoms with Crippen LogP contribution in [0.4, 0.5) is 8.78 Å². The van der Waals surface area contributed by atoms with Crippen LogP contribution in [0.3, 0.4) is 0 Å². The number of hydrazine groups is 1. The Kier molecular flexibility index (Phi) is 3.71. The molecular weight excluding hydrogens is 350 g/mol. The molecule has 2 bridgehead atoms. The average Bonchev–Trinajstić information content (AvgIpc) is 3.16. The van der Waals surface area contributed by atoms with Crippen LogP contribution in [-0.2, 0) is 4.79 Å². The van der Waals surface area contributed by atoms with Gasteiger partial charge < -0.3 is 10.2 Å². The van der Waals surface area contributed by atoms with Crippen molar-refractivity contribution in [2.24, 2.45) is 23.2 Å². The van der Waals surface area contributed by atoms with E-state index < -0.39 is 12.3 Å². The van der Waals surface area contributed by atoms with Crippen LogP contribution in [0.1, 0.15) is 44.9 Å². The average molecular weight is 380 g/mol. The van der Waals surface area contributed by atoms with Gasteiger partial charge in [0.25, 0.3) is 0 Å². The number of rotatable bonds is 2. The van der Waals surface area contributed by atoms with E-state index in [1.165, 1.54) is 19.3 Å². The summed E-state index contributed by atoms with van der Waals surface area (Å²) in [4.78, 5) is 15.2. The highest BCUT2D eigenvalue weighted by molar-refractivity contribution is 5.82. The van der Waals surface area contributed by atoms with Gasteiger partial charge in [0.15, 0.2) is 0 Å². The Morgan fingerprint density at radius 2 is 1.81 bits per heavy atom. The summed E-state index contributed by atoms with van der Waals surface area (Å²) in [5.41, 5.74) is 7.53. The minimum atomic E-state index is -1.12.